The first kappa shape index (κ1) is 15.3. The van der Waals surface area contributed by atoms with Crippen LogP contribution in [0.3, 0.4) is 0 Å². The Morgan fingerprint density at radius 2 is 2.25 bits per heavy atom. The molecule has 0 amide bonds. The summed E-state index contributed by atoms with van der Waals surface area (Å²) in [4.78, 5) is 2.46. The molecule has 2 atom stereocenters. The Morgan fingerprint density at radius 1 is 1.40 bits per heavy atom. The van der Waals surface area contributed by atoms with E-state index in [0.717, 1.165) is 37.6 Å². The van der Waals surface area contributed by atoms with Crippen molar-refractivity contribution in [2.24, 2.45) is 11.7 Å². The molecule has 1 saturated heterocycles. The number of hydrogen-bond acceptors (Lipinski definition) is 4. The minimum absolute atomic E-state index is 0.0337. The van der Waals surface area contributed by atoms with Crippen LogP contribution in [0.1, 0.15) is 24.4 Å². The molecule has 0 radical (unpaired) electrons. The first-order valence-corrected chi connectivity index (χ1v) is 7.33. The van der Waals surface area contributed by atoms with Gasteiger partial charge in [-0.1, -0.05) is 12.1 Å². The predicted molar refractivity (Wildman–Crippen MR) is 81.0 cm³/mol. The maximum Gasteiger partial charge on any atom is 0.119 e. The summed E-state index contributed by atoms with van der Waals surface area (Å²) in [6.45, 7) is 3.97. The van der Waals surface area contributed by atoms with Crippen molar-refractivity contribution in [2.75, 3.05) is 40.5 Å². The fourth-order valence-corrected chi connectivity index (χ4v) is 2.94. The molecule has 1 aliphatic heterocycles. The third kappa shape index (κ3) is 4.20. The zero-order valence-electron chi connectivity index (χ0n) is 12.5. The molecule has 0 spiro atoms. The van der Waals surface area contributed by atoms with Gasteiger partial charge >= 0.3 is 0 Å². The number of piperidine rings is 1. The molecular formula is C16H26N2O2. The van der Waals surface area contributed by atoms with E-state index in [1.54, 1.807) is 14.2 Å². The predicted octanol–water partition coefficient (Wildman–Crippen LogP) is 2.05. The summed E-state index contributed by atoms with van der Waals surface area (Å²) >= 11 is 0. The molecule has 1 aromatic carbocycles. The van der Waals surface area contributed by atoms with Gasteiger partial charge in [-0.3, -0.25) is 0 Å². The van der Waals surface area contributed by atoms with Crippen LogP contribution in [-0.4, -0.2) is 45.4 Å². The van der Waals surface area contributed by atoms with E-state index in [4.69, 9.17) is 15.2 Å². The third-order valence-electron chi connectivity index (χ3n) is 3.98. The van der Waals surface area contributed by atoms with Crippen molar-refractivity contribution >= 4 is 0 Å². The Labute approximate surface area is 121 Å². The van der Waals surface area contributed by atoms with Gasteiger partial charge in [0.2, 0.25) is 0 Å². The second kappa shape index (κ2) is 7.62. The highest BCUT2D eigenvalue weighted by atomic mass is 16.5. The minimum Gasteiger partial charge on any atom is -0.497 e. The Kier molecular flexibility index (Phi) is 5.83. The number of likely N-dealkylation sites (tertiary alicyclic amines) is 1. The van der Waals surface area contributed by atoms with E-state index in [1.807, 2.05) is 18.2 Å². The normalized spacial score (nSPS) is 21.6. The van der Waals surface area contributed by atoms with Crippen molar-refractivity contribution in [3.63, 3.8) is 0 Å². The number of hydrogen-bond donors (Lipinski definition) is 1. The largest absolute Gasteiger partial charge is 0.497 e. The molecule has 2 rings (SSSR count). The summed E-state index contributed by atoms with van der Waals surface area (Å²) in [6, 6.07) is 8.08. The van der Waals surface area contributed by atoms with Gasteiger partial charge in [0.15, 0.2) is 0 Å². The highest BCUT2D eigenvalue weighted by Crippen LogP contribution is 2.21. The monoisotopic (exact) mass is 278 g/mol. The lowest BCUT2D eigenvalue weighted by molar-refractivity contribution is 0.0878. The van der Waals surface area contributed by atoms with Crippen LogP contribution in [0.2, 0.25) is 0 Å². The van der Waals surface area contributed by atoms with Gasteiger partial charge in [0.25, 0.3) is 0 Å². The topological polar surface area (TPSA) is 47.7 Å². The molecule has 0 bridgehead atoms. The summed E-state index contributed by atoms with van der Waals surface area (Å²) in [5, 5.41) is 0. The van der Waals surface area contributed by atoms with Crippen LogP contribution in [0.5, 0.6) is 5.75 Å². The maximum absolute atomic E-state index is 6.34. The van der Waals surface area contributed by atoms with Crippen LogP contribution in [0, 0.1) is 5.92 Å². The lowest BCUT2D eigenvalue weighted by atomic mass is 9.97. The van der Waals surface area contributed by atoms with E-state index in [2.05, 4.69) is 11.0 Å². The number of ether oxygens (including phenoxy) is 2. The van der Waals surface area contributed by atoms with Gasteiger partial charge in [0, 0.05) is 26.2 Å². The second-order valence-corrected chi connectivity index (χ2v) is 5.61. The quantitative estimate of drug-likeness (QED) is 0.865. The van der Waals surface area contributed by atoms with Crippen LogP contribution < -0.4 is 10.5 Å². The third-order valence-corrected chi connectivity index (χ3v) is 3.98. The molecule has 4 nitrogen and oxygen atoms in total. The molecule has 0 aromatic heterocycles. The molecule has 2 N–H and O–H groups in total. The number of nitrogens with zero attached hydrogens (tertiary/aromatic N) is 1. The standard InChI is InChI=1S/C16H26N2O2/c1-19-12-13-5-4-8-18(10-13)11-16(17)14-6-3-7-15(9-14)20-2/h3,6-7,9,13,16H,4-5,8,10-12,17H2,1-2H3. The van der Waals surface area contributed by atoms with Gasteiger partial charge in [-0.05, 0) is 43.0 Å². The van der Waals surface area contributed by atoms with Crippen LogP contribution in [0.25, 0.3) is 0 Å². The maximum atomic E-state index is 6.34. The smallest absolute Gasteiger partial charge is 0.119 e. The van der Waals surface area contributed by atoms with Crippen molar-refractivity contribution in [2.45, 2.75) is 18.9 Å². The Hall–Kier alpha value is -1.10. The van der Waals surface area contributed by atoms with Gasteiger partial charge in [-0.25, -0.2) is 0 Å². The van der Waals surface area contributed by atoms with Crippen LogP contribution in [-0.2, 0) is 4.74 Å². The lowest BCUT2D eigenvalue weighted by Gasteiger charge is -2.34. The number of rotatable bonds is 6. The molecule has 1 fully saturated rings. The Morgan fingerprint density at radius 3 is 3.00 bits per heavy atom. The molecule has 0 aliphatic carbocycles. The SMILES string of the molecule is COCC1CCCN(CC(N)c2cccc(OC)c2)C1. The average Bonchev–Trinajstić information content (AvgIpc) is 2.48. The van der Waals surface area contributed by atoms with Crippen molar-refractivity contribution in [3.8, 4) is 5.75 Å². The van der Waals surface area contributed by atoms with Crippen molar-refractivity contribution < 1.29 is 9.47 Å². The van der Waals surface area contributed by atoms with Crippen molar-refractivity contribution in [1.82, 2.24) is 4.90 Å². The summed E-state index contributed by atoms with van der Waals surface area (Å²) in [5.74, 6) is 1.51. The lowest BCUT2D eigenvalue weighted by Crippen LogP contribution is -2.40. The first-order valence-electron chi connectivity index (χ1n) is 7.33. The molecule has 1 aliphatic rings. The van der Waals surface area contributed by atoms with E-state index in [9.17, 15) is 0 Å². The van der Waals surface area contributed by atoms with Gasteiger partial charge in [-0.2, -0.15) is 0 Å². The van der Waals surface area contributed by atoms with E-state index in [0.29, 0.717) is 5.92 Å². The molecule has 4 heteroatoms. The van der Waals surface area contributed by atoms with Crippen LogP contribution >= 0.6 is 0 Å². The van der Waals surface area contributed by atoms with E-state index in [1.165, 1.54) is 12.8 Å². The average molecular weight is 278 g/mol. The number of methoxy groups -OCH3 is 2. The molecule has 1 aromatic rings. The fourth-order valence-electron chi connectivity index (χ4n) is 2.94. The fraction of sp³-hybridized carbons (Fsp3) is 0.625. The molecular weight excluding hydrogens is 252 g/mol. The van der Waals surface area contributed by atoms with Gasteiger partial charge < -0.3 is 20.1 Å². The molecule has 2 unspecified atom stereocenters. The summed E-state index contributed by atoms with van der Waals surface area (Å²) < 4.78 is 10.5. The zero-order chi connectivity index (χ0) is 14.4. The second-order valence-electron chi connectivity index (χ2n) is 5.61. The highest BCUT2D eigenvalue weighted by molar-refractivity contribution is 5.30. The highest BCUT2D eigenvalue weighted by Gasteiger charge is 2.21. The summed E-state index contributed by atoms with van der Waals surface area (Å²) in [5.41, 5.74) is 7.48. The Balaban J connectivity index is 1.91. The van der Waals surface area contributed by atoms with E-state index in [-0.39, 0.29) is 6.04 Å². The van der Waals surface area contributed by atoms with Gasteiger partial charge in [0.1, 0.15) is 5.75 Å². The Bertz CT molecular complexity index is 409. The minimum atomic E-state index is 0.0337. The zero-order valence-corrected chi connectivity index (χ0v) is 12.5. The van der Waals surface area contributed by atoms with Crippen LogP contribution in [0.4, 0.5) is 0 Å². The number of benzene rings is 1. The summed E-state index contributed by atoms with van der Waals surface area (Å²) in [7, 11) is 3.46. The van der Waals surface area contributed by atoms with Crippen molar-refractivity contribution in [3.05, 3.63) is 29.8 Å². The molecule has 112 valence electrons. The summed E-state index contributed by atoms with van der Waals surface area (Å²) in [6.07, 6.45) is 2.50. The van der Waals surface area contributed by atoms with Gasteiger partial charge in [-0.15, -0.1) is 0 Å². The molecule has 0 saturated carbocycles. The number of nitrogens with two attached hydrogens (primary N) is 1. The van der Waals surface area contributed by atoms with E-state index < -0.39 is 0 Å². The van der Waals surface area contributed by atoms with Crippen LogP contribution in [0.15, 0.2) is 24.3 Å². The van der Waals surface area contributed by atoms with Crippen molar-refractivity contribution in [1.29, 1.82) is 0 Å². The first-order chi connectivity index (χ1) is 9.72. The molecule has 20 heavy (non-hydrogen) atoms. The van der Waals surface area contributed by atoms with Gasteiger partial charge in [0.05, 0.1) is 13.7 Å². The van der Waals surface area contributed by atoms with E-state index >= 15 is 0 Å². The molecule has 1 heterocycles.